The van der Waals surface area contributed by atoms with E-state index < -0.39 is 0 Å². The summed E-state index contributed by atoms with van der Waals surface area (Å²) in [5.74, 6) is -0.243. The Bertz CT molecular complexity index is 312. The van der Waals surface area contributed by atoms with E-state index in [1.807, 2.05) is 13.0 Å². The Morgan fingerprint density at radius 3 is 3.07 bits per heavy atom. The van der Waals surface area contributed by atoms with E-state index in [1.54, 1.807) is 12.3 Å². The van der Waals surface area contributed by atoms with Gasteiger partial charge in [0.25, 0.3) is 0 Å². The molecule has 0 saturated carbocycles. The maximum absolute atomic E-state index is 13.5. The molecular weight excluding hydrogens is 191 g/mol. The average Bonchev–Trinajstić information content (AvgIpc) is 2.25. The standard InChI is InChI=1S/C12H17FN2/c1-3-5-8-11(14-4-2)12-10(13)7-6-9-15-12/h3,6-7,9,11,14H,1,4-5,8H2,2H3. The van der Waals surface area contributed by atoms with Crippen LogP contribution in [0.3, 0.4) is 0 Å². The molecule has 1 N–H and O–H groups in total. The van der Waals surface area contributed by atoms with Gasteiger partial charge in [0.05, 0.1) is 11.7 Å². The third kappa shape index (κ3) is 3.44. The lowest BCUT2D eigenvalue weighted by Gasteiger charge is -2.16. The van der Waals surface area contributed by atoms with Crippen LogP contribution in [0.25, 0.3) is 0 Å². The van der Waals surface area contributed by atoms with Crippen LogP contribution in [0.5, 0.6) is 0 Å². The zero-order valence-corrected chi connectivity index (χ0v) is 9.04. The Morgan fingerprint density at radius 2 is 2.47 bits per heavy atom. The van der Waals surface area contributed by atoms with Crippen LogP contribution >= 0.6 is 0 Å². The molecule has 3 heteroatoms. The highest BCUT2D eigenvalue weighted by molar-refractivity contribution is 5.11. The van der Waals surface area contributed by atoms with Gasteiger partial charge in [-0.1, -0.05) is 13.0 Å². The first kappa shape index (κ1) is 11.9. The van der Waals surface area contributed by atoms with E-state index in [4.69, 9.17) is 0 Å². The number of rotatable bonds is 6. The number of nitrogens with zero attached hydrogens (tertiary/aromatic N) is 1. The van der Waals surface area contributed by atoms with Gasteiger partial charge in [-0.25, -0.2) is 4.39 Å². The number of hydrogen-bond donors (Lipinski definition) is 1. The van der Waals surface area contributed by atoms with E-state index in [0.29, 0.717) is 5.69 Å². The van der Waals surface area contributed by atoms with E-state index >= 15 is 0 Å². The van der Waals surface area contributed by atoms with Crippen molar-refractivity contribution in [1.82, 2.24) is 10.3 Å². The number of aromatic nitrogens is 1. The Kier molecular flexibility index (Phi) is 4.98. The summed E-state index contributed by atoms with van der Waals surface area (Å²) in [5.41, 5.74) is 0.501. The van der Waals surface area contributed by atoms with Crippen LogP contribution in [0, 0.1) is 5.82 Å². The molecule has 0 bridgehead atoms. The van der Waals surface area contributed by atoms with Crippen LogP contribution < -0.4 is 5.32 Å². The first-order chi connectivity index (χ1) is 7.29. The van der Waals surface area contributed by atoms with Crippen molar-refractivity contribution in [2.75, 3.05) is 6.54 Å². The van der Waals surface area contributed by atoms with E-state index in [-0.39, 0.29) is 11.9 Å². The molecule has 0 saturated heterocycles. The Morgan fingerprint density at radius 1 is 1.67 bits per heavy atom. The van der Waals surface area contributed by atoms with Crippen LogP contribution in [0.15, 0.2) is 31.0 Å². The molecule has 0 spiro atoms. The molecule has 0 aliphatic carbocycles. The molecule has 0 aromatic carbocycles. The lowest BCUT2D eigenvalue weighted by Crippen LogP contribution is -2.22. The molecule has 1 unspecified atom stereocenters. The van der Waals surface area contributed by atoms with E-state index in [1.165, 1.54) is 6.07 Å². The third-order valence-corrected chi connectivity index (χ3v) is 2.23. The van der Waals surface area contributed by atoms with Gasteiger partial charge >= 0.3 is 0 Å². The fraction of sp³-hybridized carbons (Fsp3) is 0.417. The van der Waals surface area contributed by atoms with Crippen molar-refractivity contribution in [3.63, 3.8) is 0 Å². The van der Waals surface area contributed by atoms with Gasteiger partial charge in [-0.2, -0.15) is 0 Å². The minimum atomic E-state index is -0.243. The fourth-order valence-electron chi connectivity index (χ4n) is 1.52. The summed E-state index contributed by atoms with van der Waals surface area (Å²) >= 11 is 0. The van der Waals surface area contributed by atoms with Gasteiger partial charge in [0, 0.05) is 6.20 Å². The second kappa shape index (κ2) is 6.30. The second-order valence-electron chi connectivity index (χ2n) is 3.35. The number of hydrogen-bond acceptors (Lipinski definition) is 2. The van der Waals surface area contributed by atoms with E-state index in [9.17, 15) is 4.39 Å². The molecule has 0 radical (unpaired) electrons. The number of halogens is 1. The molecule has 0 fully saturated rings. The normalized spacial score (nSPS) is 12.4. The Hall–Kier alpha value is -1.22. The zero-order valence-electron chi connectivity index (χ0n) is 9.04. The van der Waals surface area contributed by atoms with Crippen LogP contribution in [0.2, 0.25) is 0 Å². The fourth-order valence-corrected chi connectivity index (χ4v) is 1.52. The maximum atomic E-state index is 13.5. The predicted octanol–water partition coefficient (Wildman–Crippen LogP) is 2.84. The first-order valence-corrected chi connectivity index (χ1v) is 5.24. The van der Waals surface area contributed by atoms with Crippen LogP contribution in [0.4, 0.5) is 4.39 Å². The number of allylic oxidation sites excluding steroid dienone is 1. The molecule has 1 aromatic heterocycles. The molecule has 1 aromatic rings. The monoisotopic (exact) mass is 208 g/mol. The first-order valence-electron chi connectivity index (χ1n) is 5.24. The highest BCUT2D eigenvalue weighted by Crippen LogP contribution is 2.18. The lowest BCUT2D eigenvalue weighted by atomic mass is 10.1. The summed E-state index contributed by atoms with van der Waals surface area (Å²) in [4.78, 5) is 4.08. The summed E-state index contributed by atoms with van der Waals surface area (Å²) in [5, 5.41) is 3.22. The molecule has 1 heterocycles. The minimum Gasteiger partial charge on any atom is -0.309 e. The smallest absolute Gasteiger partial charge is 0.146 e. The lowest BCUT2D eigenvalue weighted by molar-refractivity contribution is 0.474. The van der Waals surface area contributed by atoms with Crippen molar-refractivity contribution in [2.45, 2.75) is 25.8 Å². The van der Waals surface area contributed by atoms with Gasteiger partial charge in [0.2, 0.25) is 0 Å². The maximum Gasteiger partial charge on any atom is 0.146 e. The second-order valence-corrected chi connectivity index (χ2v) is 3.35. The summed E-state index contributed by atoms with van der Waals surface area (Å²) in [6.45, 7) is 6.47. The number of nitrogens with one attached hydrogen (secondary N) is 1. The largest absolute Gasteiger partial charge is 0.309 e. The molecule has 1 rings (SSSR count). The van der Waals surface area contributed by atoms with Crippen LogP contribution in [0.1, 0.15) is 31.5 Å². The Labute approximate surface area is 90.2 Å². The highest BCUT2D eigenvalue weighted by Gasteiger charge is 2.14. The van der Waals surface area contributed by atoms with Crippen LogP contribution in [-0.4, -0.2) is 11.5 Å². The molecule has 0 aliphatic rings. The molecular formula is C12H17FN2. The zero-order chi connectivity index (χ0) is 11.1. The summed E-state index contributed by atoms with van der Waals surface area (Å²) in [6.07, 6.45) is 5.14. The molecule has 82 valence electrons. The quantitative estimate of drug-likeness (QED) is 0.727. The minimum absolute atomic E-state index is 0.0193. The van der Waals surface area contributed by atoms with Crippen molar-refractivity contribution >= 4 is 0 Å². The highest BCUT2D eigenvalue weighted by atomic mass is 19.1. The molecule has 2 nitrogen and oxygen atoms in total. The van der Waals surface area contributed by atoms with Crippen molar-refractivity contribution in [3.05, 3.63) is 42.5 Å². The SMILES string of the molecule is C=CCCC(NCC)c1ncccc1F. The summed E-state index contributed by atoms with van der Waals surface area (Å²) < 4.78 is 13.5. The van der Waals surface area contributed by atoms with Gasteiger partial charge in [-0.05, 0) is 31.5 Å². The predicted molar refractivity (Wildman–Crippen MR) is 60.0 cm³/mol. The van der Waals surface area contributed by atoms with Crippen molar-refractivity contribution < 1.29 is 4.39 Å². The van der Waals surface area contributed by atoms with Gasteiger partial charge in [-0.3, -0.25) is 4.98 Å². The molecule has 15 heavy (non-hydrogen) atoms. The Balaban J connectivity index is 2.78. The molecule has 0 aliphatic heterocycles. The van der Waals surface area contributed by atoms with Crippen LogP contribution in [-0.2, 0) is 0 Å². The van der Waals surface area contributed by atoms with E-state index in [2.05, 4.69) is 16.9 Å². The van der Waals surface area contributed by atoms with Gasteiger partial charge < -0.3 is 5.32 Å². The van der Waals surface area contributed by atoms with Gasteiger partial charge in [-0.15, -0.1) is 6.58 Å². The van der Waals surface area contributed by atoms with Crippen molar-refractivity contribution in [2.24, 2.45) is 0 Å². The molecule has 1 atom stereocenters. The van der Waals surface area contributed by atoms with Crippen molar-refractivity contribution in [3.8, 4) is 0 Å². The average molecular weight is 208 g/mol. The molecule has 0 amide bonds. The summed E-state index contributed by atoms with van der Waals surface area (Å²) in [7, 11) is 0. The van der Waals surface area contributed by atoms with E-state index in [0.717, 1.165) is 19.4 Å². The summed E-state index contributed by atoms with van der Waals surface area (Å²) in [6, 6.07) is 3.03. The van der Waals surface area contributed by atoms with Gasteiger partial charge in [0.1, 0.15) is 5.82 Å². The number of pyridine rings is 1. The third-order valence-electron chi connectivity index (χ3n) is 2.23. The van der Waals surface area contributed by atoms with Crippen molar-refractivity contribution in [1.29, 1.82) is 0 Å². The van der Waals surface area contributed by atoms with Gasteiger partial charge in [0.15, 0.2) is 0 Å². The topological polar surface area (TPSA) is 24.9 Å².